The maximum Gasteiger partial charge on any atom is 0.240 e. The third-order valence-corrected chi connectivity index (χ3v) is 2.42. The Morgan fingerprint density at radius 2 is 2.11 bits per heavy atom. The quantitative estimate of drug-likeness (QED) is 0.633. The second-order valence-corrected chi connectivity index (χ2v) is 4.47. The molecule has 1 rings (SSSR count). The summed E-state index contributed by atoms with van der Waals surface area (Å²) < 4.78 is 10.4. The normalized spacial score (nSPS) is 10.8. The number of methoxy groups -OCH3 is 2. The van der Waals surface area contributed by atoms with E-state index in [4.69, 9.17) is 9.47 Å². The summed E-state index contributed by atoms with van der Waals surface area (Å²) in [6.45, 7) is 3.96. The maximum atomic E-state index is 11.4. The monoisotopic (exact) mass is 264 g/mol. The Balaban J connectivity index is 2.74. The van der Waals surface area contributed by atoms with Gasteiger partial charge in [0, 0.05) is 12.0 Å². The number of para-hydroxylation sites is 1. The first-order valence-corrected chi connectivity index (χ1v) is 6.11. The van der Waals surface area contributed by atoms with Crippen molar-refractivity contribution in [3.8, 4) is 11.5 Å². The van der Waals surface area contributed by atoms with E-state index in [0.717, 1.165) is 5.56 Å². The van der Waals surface area contributed by atoms with Crippen molar-refractivity contribution in [3.05, 3.63) is 23.8 Å². The van der Waals surface area contributed by atoms with Crippen molar-refractivity contribution in [1.29, 1.82) is 0 Å². The molecule has 0 aliphatic rings. The van der Waals surface area contributed by atoms with E-state index in [2.05, 4.69) is 10.5 Å². The van der Waals surface area contributed by atoms with Crippen molar-refractivity contribution in [3.63, 3.8) is 0 Å². The molecule has 104 valence electrons. The third-order valence-electron chi connectivity index (χ3n) is 2.42. The van der Waals surface area contributed by atoms with Crippen LogP contribution in [0.4, 0.5) is 0 Å². The molecule has 1 aromatic carbocycles. The van der Waals surface area contributed by atoms with Crippen LogP contribution in [-0.2, 0) is 4.79 Å². The van der Waals surface area contributed by atoms with Gasteiger partial charge in [0.05, 0.1) is 20.4 Å². The highest BCUT2D eigenvalue weighted by Gasteiger charge is 2.07. The van der Waals surface area contributed by atoms with Gasteiger partial charge >= 0.3 is 0 Å². The minimum absolute atomic E-state index is 0.104. The maximum absolute atomic E-state index is 11.4. The highest BCUT2D eigenvalue weighted by Crippen LogP contribution is 2.29. The number of benzene rings is 1. The van der Waals surface area contributed by atoms with Gasteiger partial charge in [-0.05, 0) is 18.1 Å². The summed E-state index contributed by atoms with van der Waals surface area (Å²) in [4.78, 5) is 11.4. The van der Waals surface area contributed by atoms with Gasteiger partial charge in [-0.2, -0.15) is 5.10 Å². The predicted molar refractivity (Wildman–Crippen MR) is 74.7 cm³/mol. The summed E-state index contributed by atoms with van der Waals surface area (Å²) in [5.41, 5.74) is 3.23. The number of nitrogens with zero attached hydrogens (tertiary/aromatic N) is 1. The molecule has 19 heavy (non-hydrogen) atoms. The van der Waals surface area contributed by atoms with Gasteiger partial charge in [-0.3, -0.25) is 4.79 Å². The van der Waals surface area contributed by atoms with Crippen LogP contribution in [0.3, 0.4) is 0 Å². The molecule has 0 radical (unpaired) electrons. The van der Waals surface area contributed by atoms with Crippen LogP contribution in [0.2, 0.25) is 0 Å². The Labute approximate surface area is 113 Å². The average molecular weight is 264 g/mol. The van der Waals surface area contributed by atoms with Gasteiger partial charge in [-0.15, -0.1) is 0 Å². The molecule has 0 spiro atoms. The van der Waals surface area contributed by atoms with Crippen LogP contribution in [-0.4, -0.2) is 26.3 Å². The van der Waals surface area contributed by atoms with Gasteiger partial charge < -0.3 is 9.47 Å². The minimum atomic E-state index is -0.104. The highest BCUT2D eigenvalue weighted by atomic mass is 16.5. The standard InChI is InChI=1S/C14H20N2O3/c1-10(2)8-13(17)16-15-9-11-6-5-7-12(18-3)14(11)19-4/h5-7,9-10H,8H2,1-4H3,(H,16,17)/b15-9-. The van der Waals surface area contributed by atoms with Crippen molar-refractivity contribution >= 4 is 12.1 Å². The van der Waals surface area contributed by atoms with Crippen molar-refractivity contribution in [2.45, 2.75) is 20.3 Å². The fraction of sp³-hybridized carbons (Fsp3) is 0.429. The molecule has 1 N–H and O–H groups in total. The SMILES string of the molecule is COc1cccc(/C=N\NC(=O)CC(C)C)c1OC. The lowest BCUT2D eigenvalue weighted by atomic mass is 10.1. The molecule has 0 atom stereocenters. The lowest BCUT2D eigenvalue weighted by Crippen LogP contribution is -2.19. The lowest BCUT2D eigenvalue weighted by molar-refractivity contribution is -0.121. The molecule has 5 heteroatoms. The van der Waals surface area contributed by atoms with Crippen LogP contribution in [0.25, 0.3) is 0 Å². The molecule has 0 bridgehead atoms. The Morgan fingerprint density at radius 3 is 2.68 bits per heavy atom. The van der Waals surface area contributed by atoms with Crippen LogP contribution in [0, 0.1) is 5.92 Å². The molecular formula is C14H20N2O3. The molecule has 0 fully saturated rings. The predicted octanol–water partition coefficient (Wildman–Crippen LogP) is 2.20. The van der Waals surface area contributed by atoms with E-state index in [1.54, 1.807) is 26.5 Å². The number of carbonyl (C=O) groups is 1. The van der Waals surface area contributed by atoms with Gasteiger partial charge in [-0.25, -0.2) is 5.43 Å². The smallest absolute Gasteiger partial charge is 0.240 e. The Hall–Kier alpha value is -2.04. The summed E-state index contributed by atoms with van der Waals surface area (Å²) in [6, 6.07) is 5.46. The molecule has 0 heterocycles. The van der Waals surface area contributed by atoms with E-state index in [1.165, 1.54) is 0 Å². The molecule has 1 aromatic rings. The fourth-order valence-corrected chi connectivity index (χ4v) is 1.60. The first-order valence-electron chi connectivity index (χ1n) is 6.11. The van der Waals surface area contributed by atoms with E-state index in [0.29, 0.717) is 23.8 Å². The Kier molecular flexibility index (Phi) is 5.85. The van der Waals surface area contributed by atoms with Gasteiger partial charge in [0.1, 0.15) is 0 Å². The summed E-state index contributed by atoms with van der Waals surface area (Å²) in [7, 11) is 3.13. The number of rotatable bonds is 6. The molecule has 0 saturated carbocycles. The fourth-order valence-electron chi connectivity index (χ4n) is 1.60. The molecule has 0 aliphatic carbocycles. The second-order valence-electron chi connectivity index (χ2n) is 4.47. The zero-order valence-corrected chi connectivity index (χ0v) is 11.8. The van der Waals surface area contributed by atoms with E-state index in [1.807, 2.05) is 26.0 Å². The summed E-state index contributed by atoms with van der Waals surface area (Å²) in [5, 5.41) is 3.92. The van der Waals surface area contributed by atoms with E-state index in [9.17, 15) is 4.79 Å². The largest absolute Gasteiger partial charge is 0.493 e. The number of hydrogen-bond acceptors (Lipinski definition) is 4. The number of ether oxygens (including phenoxy) is 2. The summed E-state index contributed by atoms with van der Waals surface area (Å²) >= 11 is 0. The first kappa shape index (κ1) is 15.0. The molecular weight excluding hydrogens is 244 g/mol. The van der Waals surface area contributed by atoms with Crippen LogP contribution in [0.5, 0.6) is 11.5 Å². The second kappa shape index (κ2) is 7.41. The van der Waals surface area contributed by atoms with Crippen LogP contribution in [0.15, 0.2) is 23.3 Å². The zero-order valence-electron chi connectivity index (χ0n) is 11.8. The molecule has 0 unspecified atom stereocenters. The summed E-state index contributed by atoms with van der Waals surface area (Å²) in [5.74, 6) is 1.42. The third kappa shape index (κ3) is 4.62. The van der Waals surface area contributed by atoms with Crippen molar-refractivity contribution < 1.29 is 14.3 Å². The van der Waals surface area contributed by atoms with Gasteiger partial charge in [0.15, 0.2) is 11.5 Å². The van der Waals surface area contributed by atoms with E-state index < -0.39 is 0 Å². The van der Waals surface area contributed by atoms with Gasteiger partial charge in [0.2, 0.25) is 5.91 Å². The van der Waals surface area contributed by atoms with Crippen molar-refractivity contribution in [2.24, 2.45) is 11.0 Å². The zero-order chi connectivity index (χ0) is 14.3. The van der Waals surface area contributed by atoms with E-state index >= 15 is 0 Å². The molecule has 5 nitrogen and oxygen atoms in total. The Morgan fingerprint density at radius 1 is 1.37 bits per heavy atom. The molecule has 0 saturated heterocycles. The van der Waals surface area contributed by atoms with Crippen LogP contribution in [0.1, 0.15) is 25.8 Å². The molecule has 1 amide bonds. The van der Waals surface area contributed by atoms with Crippen molar-refractivity contribution in [1.82, 2.24) is 5.43 Å². The number of hydrazone groups is 1. The number of hydrogen-bond donors (Lipinski definition) is 1. The summed E-state index contributed by atoms with van der Waals surface area (Å²) in [6.07, 6.45) is 1.99. The van der Waals surface area contributed by atoms with Crippen LogP contribution < -0.4 is 14.9 Å². The van der Waals surface area contributed by atoms with Crippen molar-refractivity contribution in [2.75, 3.05) is 14.2 Å². The average Bonchev–Trinajstić information content (AvgIpc) is 2.37. The lowest BCUT2D eigenvalue weighted by Gasteiger charge is -2.09. The first-order chi connectivity index (χ1) is 9.08. The van der Waals surface area contributed by atoms with E-state index in [-0.39, 0.29) is 5.91 Å². The number of nitrogens with one attached hydrogen (secondary N) is 1. The topological polar surface area (TPSA) is 59.9 Å². The molecule has 0 aromatic heterocycles. The Bertz CT molecular complexity index is 456. The molecule has 0 aliphatic heterocycles. The highest BCUT2D eigenvalue weighted by molar-refractivity contribution is 5.86. The van der Waals surface area contributed by atoms with Gasteiger partial charge in [-0.1, -0.05) is 19.9 Å². The van der Waals surface area contributed by atoms with Gasteiger partial charge in [0.25, 0.3) is 0 Å². The number of carbonyl (C=O) groups excluding carboxylic acids is 1. The van der Waals surface area contributed by atoms with Crippen LogP contribution >= 0.6 is 0 Å². The minimum Gasteiger partial charge on any atom is -0.493 e. The number of amides is 1.